The Morgan fingerprint density at radius 3 is 2.41 bits per heavy atom. The molecule has 1 aliphatic heterocycles. The number of hydrogen-bond acceptors (Lipinski definition) is 10. The van der Waals surface area contributed by atoms with E-state index >= 15 is 0 Å². The van der Waals surface area contributed by atoms with Crippen molar-refractivity contribution < 1.29 is 34.7 Å². The van der Waals surface area contributed by atoms with Crippen LogP contribution in [-0.2, 0) is 9.47 Å². The second-order valence-corrected chi connectivity index (χ2v) is 6.93. The van der Waals surface area contributed by atoms with Crippen molar-refractivity contribution >= 4 is 6.03 Å². The van der Waals surface area contributed by atoms with E-state index < -0.39 is 67.1 Å². The standard InChI is InChI=1S/C15H31N5O7/c1-2-19-15(25)20-6-3-5(17)13(12(24)9(6)21)27-14-8(18)11(23)10(22)7(4-16)26-14/h5-14,21-24H,2-4,16-18H2,1H3,(H2,19,20,25). The van der Waals surface area contributed by atoms with Crippen LogP contribution in [0.1, 0.15) is 13.3 Å². The second kappa shape index (κ2) is 9.41. The fourth-order valence-electron chi connectivity index (χ4n) is 3.38. The average Bonchev–Trinajstić information content (AvgIpc) is 2.63. The molecule has 12 heteroatoms. The van der Waals surface area contributed by atoms with Crippen molar-refractivity contribution in [3.63, 3.8) is 0 Å². The van der Waals surface area contributed by atoms with Gasteiger partial charge in [0, 0.05) is 19.1 Å². The molecule has 12 N–H and O–H groups in total. The minimum atomic E-state index is -1.43. The van der Waals surface area contributed by atoms with Gasteiger partial charge in [-0.3, -0.25) is 0 Å². The summed E-state index contributed by atoms with van der Waals surface area (Å²) in [4.78, 5) is 11.7. The molecule has 2 amide bonds. The van der Waals surface area contributed by atoms with Crippen molar-refractivity contribution in [2.24, 2.45) is 17.2 Å². The first-order valence-corrected chi connectivity index (χ1v) is 9.00. The Balaban J connectivity index is 2.03. The summed E-state index contributed by atoms with van der Waals surface area (Å²) in [7, 11) is 0. The van der Waals surface area contributed by atoms with Crippen LogP contribution in [0.25, 0.3) is 0 Å². The monoisotopic (exact) mass is 393 g/mol. The van der Waals surface area contributed by atoms with Crippen molar-refractivity contribution in [2.45, 2.75) is 74.4 Å². The molecular formula is C15H31N5O7. The van der Waals surface area contributed by atoms with Gasteiger partial charge in [0.05, 0.1) is 12.1 Å². The van der Waals surface area contributed by atoms with Crippen LogP contribution in [0.5, 0.6) is 0 Å². The van der Waals surface area contributed by atoms with Gasteiger partial charge in [-0.25, -0.2) is 4.79 Å². The van der Waals surface area contributed by atoms with Gasteiger partial charge in [-0.15, -0.1) is 0 Å². The van der Waals surface area contributed by atoms with E-state index in [9.17, 15) is 25.2 Å². The summed E-state index contributed by atoms with van der Waals surface area (Å²) in [5.41, 5.74) is 17.4. The molecule has 1 aliphatic carbocycles. The van der Waals surface area contributed by atoms with Gasteiger partial charge in [-0.2, -0.15) is 0 Å². The summed E-state index contributed by atoms with van der Waals surface area (Å²) < 4.78 is 11.1. The predicted octanol–water partition coefficient (Wildman–Crippen LogP) is -4.76. The Morgan fingerprint density at radius 2 is 1.81 bits per heavy atom. The van der Waals surface area contributed by atoms with Crippen LogP contribution in [0.3, 0.4) is 0 Å². The number of hydrogen-bond donors (Lipinski definition) is 9. The maximum atomic E-state index is 11.7. The molecule has 10 atom stereocenters. The maximum Gasteiger partial charge on any atom is 0.315 e. The summed E-state index contributed by atoms with van der Waals surface area (Å²) in [6.07, 6.45) is -8.41. The molecule has 0 radical (unpaired) electrons. The molecule has 0 aromatic heterocycles. The number of aliphatic hydroxyl groups excluding tert-OH is 4. The van der Waals surface area contributed by atoms with Gasteiger partial charge in [-0.05, 0) is 13.3 Å². The van der Waals surface area contributed by atoms with Crippen molar-refractivity contribution in [2.75, 3.05) is 13.1 Å². The highest BCUT2D eigenvalue weighted by molar-refractivity contribution is 5.74. The van der Waals surface area contributed by atoms with Crippen LogP contribution in [-0.4, -0.2) is 101 Å². The molecule has 2 aliphatic rings. The number of ether oxygens (including phenoxy) is 2. The molecule has 2 fully saturated rings. The van der Waals surface area contributed by atoms with E-state index in [2.05, 4.69) is 10.6 Å². The molecule has 27 heavy (non-hydrogen) atoms. The molecule has 0 spiro atoms. The van der Waals surface area contributed by atoms with Gasteiger partial charge in [0.25, 0.3) is 0 Å². The molecule has 12 nitrogen and oxygen atoms in total. The Hall–Kier alpha value is -1.09. The predicted molar refractivity (Wildman–Crippen MR) is 93.2 cm³/mol. The average molecular weight is 393 g/mol. The topological polar surface area (TPSA) is 219 Å². The first-order valence-electron chi connectivity index (χ1n) is 9.00. The lowest BCUT2D eigenvalue weighted by atomic mass is 9.84. The van der Waals surface area contributed by atoms with Crippen LogP contribution >= 0.6 is 0 Å². The van der Waals surface area contributed by atoms with Crippen LogP contribution in [0.2, 0.25) is 0 Å². The van der Waals surface area contributed by atoms with E-state index in [1.165, 1.54) is 0 Å². The summed E-state index contributed by atoms with van der Waals surface area (Å²) >= 11 is 0. The van der Waals surface area contributed by atoms with Crippen LogP contribution in [0.4, 0.5) is 4.79 Å². The van der Waals surface area contributed by atoms with E-state index in [1.54, 1.807) is 6.92 Å². The van der Waals surface area contributed by atoms with Gasteiger partial charge in [0.1, 0.15) is 36.6 Å². The highest BCUT2D eigenvalue weighted by Crippen LogP contribution is 2.27. The highest BCUT2D eigenvalue weighted by atomic mass is 16.7. The Kier molecular flexibility index (Phi) is 7.73. The fraction of sp³-hybridized carbons (Fsp3) is 0.933. The van der Waals surface area contributed by atoms with Crippen LogP contribution < -0.4 is 27.8 Å². The van der Waals surface area contributed by atoms with Gasteiger partial charge in [-0.1, -0.05) is 0 Å². The Labute approximate surface area is 157 Å². The molecule has 0 bridgehead atoms. The summed E-state index contributed by atoms with van der Waals surface area (Å²) in [6.45, 7) is 2.07. The van der Waals surface area contributed by atoms with Crippen molar-refractivity contribution in [1.29, 1.82) is 0 Å². The van der Waals surface area contributed by atoms with Gasteiger partial charge in [0.15, 0.2) is 6.29 Å². The smallest absolute Gasteiger partial charge is 0.315 e. The number of aliphatic hydroxyl groups is 4. The molecule has 2 rings (SSSR count). The van der Waals surface area contributed by atoms with Gasteiger partial charge >= 0.3 is 6.03 Å². The zero-order valence-electron chi connectivity index (χ0n) is 15.1. The molecule has 0 aromatic rings. The van der Waals surface area contributed by atoms with Crippen molar-refractivity contribution in [3.05, 3.63) is 0 Å². The number of amides is 2. The third-order valence-corrected chi connectivity index (χ3v) is 4.97. The number of rotatable bonds is 5. The summed E-state index contributed by atoms with van der Waals surface area (Å²) in [5.74, 6) is 0. The third kappa shape index (κ3) is 4.85. The van der Waals surface area contributed by atoms with Crippen LogP contribution in [0, 0.1) is 0 Å². The lowest BCUT2D eigenvalue weighted by molar-refractivity contribution is -0.288. The first-order chi connectivity index (χ1) is 12.7. The zero-order valence-corrected chi connectivity index (χ0v) is 15.1. The largest absolute Gasteiger partial charge is 0.388 e. The SMILES string of the molecule is CCNC(=O)NC1CC(N)C(OC2OC(CN)C(O)C(O)C2N)C(O)C1O. The second-order valence-electron chi connectivity index (χ2n) is 6.93. The number of nitrogens with two attached hydrogens (primary N) is 3. The first kappa shape index (κ1) is 22.2. The third-order valence-electron chi connectivity index (χ3n) is 4.97. The molecule has 1 heterocycles. The van der Waals surface area contributed by atoms with E-state index in [0.29, 0.717) is 6.54 Å². The van der Waals surface area contributed by atoms with E-state index in [-0.39, 0.29) is 13.0 Å². The minimum absolute atomic E-state index is 0.0781. The lowest BCUT2D eigenvalue weighted by Gasteiger charge is -2.46. The highest BCUT2D eigenvalue weighted by Gasteiger charge is 2.48. The molecule has 10 unspecified atom stereocenters. The minimum Gasteiger partial charge on any atom is -0.388 e. The fourth-order valence-corrected chi connectivity index (χ4v) is 3.38. The van der Waals surface area contributed by atoms with Crippen LogP contribution in [0.15, 0.2) is 0 Å². The number of carbonyl (C=O) groups excluding carboxylic acids is 1. The molecule has 158 valence electrons. The van der Waals surface area contributed by atoms with E-state index in [0.717, 1.165) is 0 Å². The van der Waals surface area contributed by atoms with Crippen molar-refractivity contribution in [3.8, 4) is 0 Å². The Bertz CT molecular complexity index is 499. The maximum absolute atomic E-state index is 11.7. The van der Waals surface area contributed by atoms with E-state index in [4.69, 9.17) is 26.7 Å². The number of nitrogens with one attached hydrogen (secondary N) is 2. The Morgan fingerprint density at radius 1 is 1.15 bits per heavy atom. The van der Waals surface area contributed by atoms with Crippen molar-refractivity contribution in [1.82, 2.24) is 10.6 Å². The summed E-state index contributed by atoms with van der Waals surface area (Å²) in [6, 6.07) is -3.12. The molecule has 1 saturated carbocycles. The molecular weight excluding hydrogens is 362 g/mol. The van der Waals surface area contributed by atoms with Gasteiger partial charge in [0.2, 0.25) is 0 Å². The zero-order chi connectivity index (χ0) is 20.3. The number of urea groups is 1. The molecule has 0 aromatic carbocycles. The summed E-state index contributed by atoms with van der Waals surface area (Å²) in [5, 5.41) is 45.7. The van der Waals surface area contributed by atoms with E-state index in [1.807, 2.05) is 0 Å². The van der Waals surface area contributed by atoms with Gasteiger partial charge < -0.3 is 57.7 Å². The lowest BCUT2D eigenvalue weighted by Crippen LogP contribution is -2.68. The quantitative estimate of drug-likeness (QED) is 0.217. The molecule has 1 saturated heterocycles. The normalized spacial score (nSPS) is 45.3. The number of carbonyl (C=O) groups is 1.